The van der Waals surface area contributed by atoms with Crippen molar-refractivity contribution in [3.63, 3.8) is 0 Å². The highest BCUT2D eigenvalue weighted by Crippen LogP contribution is 2.41. The van der Waals surface area contributed by atoms with Crippen molar-refractivity contribution < 1.29 is 9.47 Å². The molecule has 3 aromatic rings. The highest BCUT2D eigenvalue weighted by atomic mass is 35.5. The molecule has 2 aliphatic heterocycles. The fraction of sp³-hybridized carbons (Fsp3) is 0.333. The number of fused-ring (bicyclic) bond motifs is 4. The Bertz CT molecular complexity index is 1150. The van der Waals surface area contributed by atoms with E-state index in [1.165, 1.54) is 0 Å². The summed E-state index contributed by atoms with van der Waals surface area (Å²) < 4.78 is 13.6. The maximum atomic E-state index is 13.2. The molecule has 138 valence electrons. The van der Waals surface area contributed by atoms with Crippen LogP contribution in [0.15, 0.2) is 35.1 Å². The van der Waals surface area contributed by atoms with Crippen LogP contribution in [0.5, 0.6) is 0 Å². The van der Waals surface area contributed by atoms with Gasteiger partial charge in [0.05, 0.1) is 41.7 Å². The fourth-order valence-electron chi connectivity index (χ4n) is 4.23. The van der Waals surface area contributed by atoms with Gasteiger partial charge in [0.15, 0.2) is 5.79 Å². The molecule has 2 aromatic heterocycles. The maximum Gasteiger partial charge on any atom is 0.254 e. The van der Waals surface area contributed by atoms with Gasteiger partial charge in [-0.25, -0.2) is 4.98 Å². The van der Waals surface area contributed by atoms with Crippen LogP contribution in [0, 0.1) is 6.92 Å². The Morgan fingerprint density at radius 3 is 2.74 bits per heavy atom. The van der Waals surface area contributed by atoms with Gasteiger partial charge in [-0.2, -0.15) is 0 Å². The zero-order valence-corrected chi connectivity index (χ0v) is 16.0. The Balaban J connectivity index is 1.80. The van der Waals surface area contributed by atoms with Crippen LogP contribution in [0.3, 0.4) is 0 Å². The van der Waals surface area contributed by atoms with Crippen LogP contribution in [-0.2, 0) is 21.8 Å². The van der Waals surface area contributed by atoms with E-state index < -0.39 is 5.79 Å². The minimum atomic E-state index is -0.859. The van der Waals surface area contributed by atoms with Crippen LogP contribution in [0.1, 0.15) is 30.0 Å². The van der Waals surface area contributed by atoms with Crippen LogP contribution in [0.4, 0.5) is 0 Å². The molecule has 0 atom stereocenters. The van der Waals surface area contributed by atoms with Gasteiger partial charge in [0.2, 0.25) is 0 Å². The number of pyridine rings is 2. The lowest BCUT2D eigenvalue weighted by atomic mass is 9.97. The molecule has 0 radical (unpaired) electrons. The number of para-hydroxylation sites is 1. The van der Waals surface area contributed by atoms with Gasteiger partial charge in [-0.3, -0.25) is 4.79 Å². The van der Waals surface area contributed by atoms with Gasteiger partial charge in [0.1, 0.15) is 0 Å². The second kappa shape index (κ2) is 5.89. The second-order valence-corrected chi connectivity index (χ2v) is 7.41. The summed E-state index contributed by atoms with van der Waals surface area (Å²) in [5.41, 5.74) is 4.64. The first-order valence-corrected chi connectivity index (χ1v) is 9.54. The zero-order valence-electron chi connectivity index (χ0n) is 15.2. The summed E-state index contributed by atoms with van der Waals surface area (Å²) in [6.07, 6.45) is 0.634. The van der Waals surface area contributed by atoms with E-state index in [0.717, 1.165) is 33.4 Å². The molecule has 1 fully saturated rings. The van der Waals surface area contributed by atoms with E-state index in [9.17, 15) is 4.79 Å². The molecule has 0 N–H and O–H groups in total. The molecule has 2 aliphatic rings. The molecule has 27 heavy (non-hydrogen) atoms. The zero-order chi connectivity index (χ0) is 18.8. The van der Waals surface area contributed by atoms with E-state index in [2.05, 4.69) is 0 Å². The number of hydrogen-bond donors (Lipinski definition) is 0. The van der Waals surface area contributed by atoms with Gasteiger partial charge >= 0.3 is 0 Å². The van der Waals surface area contributed by atoms with Crippen LogP contribution >= 0.6 is 11.6 Å². The third kappa shape index (κ3) is 2.25. The highest BCUT2D eigenvalue weighted by molar-refractivity contribution is 6.36. The van der Waals surface area contributed by atoms with E-state index in [1.807, 2.05) is 44.2 Å². The van der Waals surface area contributed by atoms with Gasteiger partial charge in [0, 0.05) is 28.5 Å². The molecular weight excluding hydrogens is 364 g/mol. The quantitative estimate of drug-likeness (QED) is 0.526. The minimum absolute atomic E-state index is 0.0486. The van der Waals surface area contributed by atoms with E-state index in [4.69, 9.17) is 26.1 Å². The first-order valence-electron chi connectivity index (χ1n) is 9.16. The molecule has 0 bridgehead atoms. The SMILES string of the molecule is CCC1(c2cc3n(c(=O)c2C)Cc2c-3nc3ccccc3c2Cl)OCCO1. The molecular formula is C21H19ClN2O3. The Labute approximate surface area is 161 Å². The summed E-state index contributed by atoms with van der Waals surface area (Å²) in [7, 11) is 0. The van der Waals surface area contributed by atoms with Crippen molar-refractivity contribution in [2.75, 3.05) is 13.2 Å². The van der Waals surface area contributed by atoms with E-state index >= 15 is 0 Å². The van der Waals surface area contributed by atoms with E-state index in [-0.39, 0.29) is 5.56 Å². The molecule has 0 spiro atoms. The molecule has 5 nitrogen and oxygen atoms in total. The van der Waals surface area contributed by atoms with Crippen molar-refractivity contribution in [1.82, 2.24) is 9.55 Å². The van der Waals surface area contributed by atoms with Crippen LogP contribution in [-0.4, -0.2) is 22.8 Å². The average Bonchev–Trinajstić information content (AvgIpc) is 3.31. The van der Waals surface area contributed by atoms with Crippen LogP contribution in [0.2, 0.25) is 5.02 Å². The lowest BCUT2D eigenvalue weighted by Crippen LogP contribution is -2.32. The van der Waals surface area contributed by atoms with Gasteiger partial charge in [-0.05, 0) is 19.1 Å². The number of aromatic nitrogens is 2. The van der Waals surface area contributed by atoms with Crippen molar-refractivity contribution in [2.45, 2.75) is 32.6 Å². The Morgan fingerprint density at radius 2 is 2.00 bits per heavy atom. The van der Waals surface area contributed by atoms with Crippen molar-refractivity contribution >= 4 is 22.5 Å². The lowest BCUT2D eigenvalue weighted by Gasteiger charge is -2.28. The summed E-state index contributed by atoms with van der Waals surface area (Å²) in [6, 6.07) is 9.77. The molecule has 4 heterocycles. The summed E-state index contributed by atoms with van der Waals surface area (Å²) in [5, 5.41) is 1.57. The number of benzene rings is 1. The topological polar surface area (TPSA) is 53.4 Å². The summed E-state index contributed by atoms with van der Waals surface area (Å²) >= 11 is 6.69. The second-order valence-electron chi connectivity index (χ2n) is 7.03. The first-order chi connectivity index (χ1) is 13.1. The summed E-state index contributed by atoms with van der Waals surface area (Å²) in [4.78, 5) is 18.0. The number of ether oxygens (including phenoxy) is 2. The van der Waals surface area contributed by atoms with Gasteiger partial charge in [-0.1, -0.05) is 36.7 Å². The molecule has 1 saturated heterocycles. The molecule has 0 amide bonds. The van der Waals surface area contributed by atoms with Crippen molar-refractivity contribution in [1.29, 1.82) is 0 Å². The standard InChI is InChI=1S/C21H19ClN2O3/c1-3-21(26-8-9-27-21)15-10-17-19-14(11-24(17)20(25)12(15)2)18(22)13-6-4-5-7-16(13)23-19/h4-7,10H,3,8-9,11H2,1-2H3. The number of rotatable bonds is 2. The predicted molar refractivity (Wildman–Crippen MR) is 104 cm³/mol. The van der Waals surface area contributed by atoms with Gasteiger partial charge in [0.25, 0.3) is 5.56 Å². The summed E-state index contributed by atoms with van der Waals surface area (Å²) in [5.74, 6) is -0.859. The predicted octanol–water partition coefficient (Wildman–Crippen LogP) is 4.00. The van der Waals surface area contributed by atoms with Crippen LogP contribution < -0.4 is 5.56 Å². The van der Waals surface area contributed by atoms with Gasteiger partial charge < -0.3 is 14.0 Å². The molecule has 1 aromatic carbocycles. The third-order valence-electron chi connectivity index (χ3n) is 5.65. The molecule has 0 aliphatic carbocycles. The lowest BCUT2D eigenvalue weighted by molar-refractivity contribution is -0.168. The number of nitrogens with zero attached hydrogens (tertiary/aromatic N) is 2. The Kier molecular flexibility index (Phi) is 3.69. The van der Waals surface area contributed by atoms with Crippen molar-refractivity contribution in [2.24, 2.45) is 0 Å². The normalized spacial score (nSPS) is 17.3. The van der Waals surface area contributed by atoms with Crippen molar-refractivity contribution in [3.8, 4) is 11.4 Å². The van der Waals surface area contributed by atoms with Crippen molar-refractivity contribution in [3.05, 3.63) is 62.4 Å². The number of halogens is 1. The van der Waals surface area contributed by atoms with E-state index in [1.54, 1.807) is 4.57 Å². The third-order valence-corrected chi connectivity index (χ3v) is 6.09. The van der Waals surface area contributed by atoms with E-state index in [0.29, 0.717) is 36.8 Å². The monoisotopic (exact) mass is 382 g/mol. The Hall–Kier alpha value is -2.21. The highest BCUT2D eigenvalue weighted by Gasteiger charge is 2.40. The average molecular weight is 383 g/mol. The summed E-state index contributed by atoms with van der Waals surface area (Å²) in [6.45, 7) is 5.32. The van der Waals surface area contributed by atoms with Crippen LogP contribution in [0.25, 0.3) is 22.3 Å². The first kappa shape index (κ1) is 16.9. The fourth-order valence-corrected chi connectivity index (χ4v) is 4.54. The molecule has 0 saturated carbocycles. The molecule has 0 unspecified atom stereocenters. The minimum Gasteiger partial charge on any atom is -0.343 e. The van der Waals surface area contributed by atoms with Gasteiger partial charge in [-0.15, -0.1) is 0 Å². The number of hydrogen-bond acceptors (Lipinski definition) is 4. The smallest absolute Gasteiger partial charge is 0.254 e. The molecule has 5 rings (SSSR count). The maximum absolute atomic E-state index is 13.2. The molecule has 6 heteroatoms. The Morgan fingerprint density at radius 1 is 1.26 bits per heavy atom. The largest absolute Gasteiger partial charge is 0.343 e.